The number of nitriles is 1. The Balaban J connectivity index is 1.82. The Hall–Kier alpha value is -4.04. The van der Waals surface area contributed by atoms with E-state index in [2.05, 4.69) is 37.2 Å². The molecule has 0 fully saturated rings. The number of aliphatic hydroxyl groups excluding tert-OH is 1. The second-order valence-electron chi connectivity index (χ2n) is 7.13. The monoisotopic (exact) mass is 439 g/mol. The van der Waals surface area contributed by atoms with Gasteiger partial charge in [-0.25, -0.2) is 9.37 Å². The number of pyridine rings is 1. The van der Waals surface area contributed by atoms with Crippen LogP contribution in [-0.2, 0) is 0 Å². The normalized spacial score (nSPS) is 11.6. The fourth-order valence-electron chi connectivity index (χ4n) is 2.67. The van der Waals surface area contributed by atoms with Crippen LogP contribution in [0.4, 0.5) is 21.6 Å². The predicted molar refractivity (Wildman–Crippen MR) is 115 cm³/mol. The van der Waals surface area contributed by atoms with E-state index in [9.17, 15) is 9.18 Å². The van der Waals surface area contributed by atoms with E-state index >= 15 is 0 Å². The van der Waals surface area contributed by atoms with Crippen LogP contribution >= 0.6 is 0 Å². The highest BCUT2D eigenvalue weighted by Gasteiger charge is 2.20. The average molecular weight is 439 g/mol. The molecular formula is C21H22FN7O3. The van der Waals surface area contributed by atoms with Gasteiger partial charge in [-0.15, -0.1) is 10.2 Å². The maximum Gasteiger partial charge on any atom is 0.308 e. The van der Waals surface area contributed by atoms with E-state index in [0.717, 1.165) is 5.69 Å². The van der Waals surface area contributed by atoms with E-state index in [1.165, 1.54) is 6.20 Å². The summed E-state index contributed by atoms with van der Waals surface area (Å²) in [6, 6.07) is 10.8. The van der Waals surface area contributed by atoms with Crippen molar-refractivity contribution in [3.05, 3.63) is 48.0 Å². The summed E-state index contributed by atoms with van der Waals surface area (Å²) in [6.07, 6.45) is -0.0570. The zero-order valence-corrected chi connectivity index (χ0v) is 17.5. The molecule has 2 aromatic heterocycles. The van der Waals surface area contributed by atoms with Crippen LogP contribution in [0.25, 0.3) is 11.5 Å². The van der Waals surface area contributed by atoms with Gasteiger partial charge in [0.1, 0.15) is 12.0 Å². The molecule has 3 rings (SSSR count). The van der Waals surface area contributed by atoms with Crippen LogP contribution < -0.4 is 16.0 Å². The maximum atomic E-state index is 13.1. The number of rotatable bonds is 9. The number of halogens is 1. The number of nitrogens with zero attached hydrogens (tertiary/aromatic N) is 4. The van der Waals surface area contributed by atoms with Crippen LogP contribution in [0, 0.1) is 11.3 Å². The molecule has 0 saturated carbocycles. The van der Waals surface area contributed by atoms with E-state index in [-0.39, 0.29) is 24.4 Å². The molecule has 0 radical (unpaired) electrons. The molecule has 0 aliphatic heterocycles. The van der Waals surface area contributed by atoms with Gasteiger partial charge >= 0.3 is 11.8 Å². The number of aliphatic hydroxyl groups is 1. The predicted octanol–water partition coefficient (Wildman–Crippen LogP) is 2.63. The summed E-state index contributed by atoms with van der Waals surface area (Å²) in [7, 11) is 0. The first-order valence-electron chi connectivity index (χ1n) is 9.80. The molecule has 4 N–H and O–H groups in total. The van der Waals surface area contributed by atoms with E-state index < -0.39 is 18.7 Å². The summed E-state index contributed by atoms with van der Waals surface area (Å²) in [5.74, 6) is -0.475. The molecule has 1 amide bonds. The van der Waals surface area contributed by atoms with Crippen LogP contribution in [0.3, 0.4) is 0 Å². The van der Waals surface area contributed by atoms with Crippen molar-refractivity contribution in [3.8, 4) is 17.5 Å². The number of carbonyl (C=O) groups is 1. The lowest BCUT2D eigenvalue weighted by atomic mass is 10.2. The van der Waals surface area contributed by atoms with Crippen LogP contribution in [0.5, 0.6) is 0 Å². The highest BCUT2D eigenvalue weighted by atomic mass is 19.1. The minimum absolute atomic E-state index is 0.0645. The topological polar surface area (TPSA) is 149 Å². The van der Waals surface area contributed by atoms with Gasteiger partial charge in [-0.05, 0) is 38.1 Å². The molecule has 0 spiro atoms. The smallest absolute Gasteiger partial charge is 0.308 e. The van der Waals surface area contributed by atoms with Crippen molar-refractivity contribution in [2.45, 2.75) is 26.1 Å². The first kappa shape index (κ1) is 22.6. The van der Waals surface area contributed by atoms with Crippen molar-refractivity contribution in [3.63, 3.8) is 0 Å². The summed E-state index contributed by atoms with van der Waals surface area (Å²) in [4.78, 5) is 16.4. The number of aromatic nitrogens is 3. The van der Waals surface area contributed by atoms with Crippen LogP contribution in [0.15, 0.2) is 40.9 Å². The Labute approximate surface area is 183 Å². The molecule has 0 aliphatic carbocycles. The Kier molecular flexibility index (Phi) is 7.30. The van der Waals surface area contributed by atoms with Gasteiger partial charge in [0, 0.05) is 24.0 Å². The minimum Gasteiger partial charge on any atom is -0.412 e. The number of amides is 1. The molecule has 32 heavy (non-hydrogen) atoms. The van der Waals surface area contributed by atoms with E-state index in [1.54, 1.807) is 30.3 Å². The summed E-state index contributed by atoms with van der Waals surface area (Å²) in [6.45, 7) is 2.84. The maximum absolute atomic E-state index is 13.1. The highest BCUT2D eigenvalue weighted by molar-refractivity contribution is 5.90. The average Bonchev–Trinajstić information content (AvgIpc) is 3.27. The molecule has 1 atom stereocenters. The largest absolute Gasteiger partial charge is 0.412 e. The molecular weight excluding hydrogens is 417 g/mol. The quantitative estimate of drug-likeness (QED) is 0.395. The Morgan fingerprint density at radius 1 is 1.28 bits per heavy atom. The van der Waals surface area contributed by atoms with E-state index in [4.69, 9.17) is 14.8 Å². The van der Waals surface area contributed by atoms with Crippen LogP contribution in [-0.4, -0.2) is 51.6 Å². The van der Waals surface area contributed by atoms with Crippen molar-refractivity contribution in [1.29, 1.82) is 5.26 Å². The first-order valence-corrected chi connectivity index (χ1v) is 9.80. The Bertz CT molecular complexity index is 1110. The van der Waals surface area contributed by atoms with Gasteiger partial charge in [-0.3, -0.25) is 4.79 Å². The third-order valence-corrected chi connectivity index (χ3v) is 4.17. The van der Waals surface area contributed by atoms with Crippen molar-refractivity contribution in [2.24, 2.45) is 0 Å². The summed E-state index contributed by atoms with van der Waals surface area (Å²) in [5.41, 5.74) is 2.43. The molecule has 0 bridgehead atoms. The fourth-order valence-corrected chi connectivity index (χ4v) is 2.67. The lowest BCUT2D eigenvalue weighted by Gasteiger charge is -2.15. The van der Waals surface area contributed by atoms with Crippen molar-refractivity contribution >= 4 is 23.1 Å². The summed E-state index contributed by atoms with van der Waals surface area (Å²) >= 11 is 0. The minimum atomic E-state index is -1.58. The number of anilines is 3. The molecule has 10 nitrogen and oxygen atoms in total. The van der Waals surface area contributed by atoms with Crippen molar-refractivity contribution in [2.75, 3.05) is 23.8 Å². The summed E-state index contributed by atoms with van der Waals surface area (Å²) < 4.78 is 18.6. The lowest BCUT2D eigenvalue weighted by Crippen LogP contribution is -2.31. The number of alkyl halides is 1. The molecule has 0 aliphatic rings. The Morgan fingerprint density at radius 2 is 2.03 bits per heavy atom. The highest BCUT2D eigenvalue weighted by Crippen LogP contribution is 2.30. The molecule has 3 aromatic rings. The standard InChI is InChI=1S/C21H22FN7O3/c1-12(2)26-17-7-18(27-15-5-3-13(8-23)4-6-15)24-10-16(17)20-28-29-21(32-20)19(31)25-9-14(22)11-30/h3-7,10,12,14,30H,9,11H2,1-2H3,(H,25,31)(H2,24,26,27). The number of hydrogen-bond donors (Lipinski definition) is 4. The van der Waals surface area contributed by atoms with Crippen molar-refractivity contribution in [1.82, 2.24) is 20.5 Å². The molecule has 2 heterocycles. The zero-order chi connectivity index (χ0) is 23.1. The van der Waals surface area contributed by atoms with Crippen molar-refractivity contribution < 1.29 is 18.7 Å². The van der Waals surface area contributed by atoms with E-state index in [0.29, 0.717) is 22.6 Å². The third-order valence-electron chi connectivity index (χ3n) is 4.17. The first-order chi connectivity index (χ1) is 15.4. The van der Waals surface area contributed by atoms with Crippen LogP contribution in [0.2, 0.25) is 0 Å². The van der Waals surface area contributed by atoms with Gasteiger partial charge in [0.05, 0.1) is 36.0 Å². The molecule has 0 saturated heterocycles. The summed E-state index contributed by atoms with van der Waals surface area (Å²) in [5, 5.41) is 33.9. The van der Waals surface area contributed by atoms with Crippen LogP contribution in [0.1, 0.15) is 30.1 Å². The number of nitrogens with one attached hydrogen (secondary N) is 3. The molecule has 1 aromatic carbocycles. The van der Waals surface area contributed by atoms with Gasteiger partial charge < -0.3 is 25.5 Å². The SMILES string of the molecule is CC(C)Nc1cc(Nc2ccc(C#N)cc2)ncc1-c1nnc(C(=O)NCC(F)CO)o1. The third kappa shape index (κ3) is 5.77. The lowest BCUT2D eigenvalue weighted by molar-refractivity contribution is 0.0894. The van der Waals surface area contributed by atoms with Gasteiger partial charge in [0.15, 0.2) is 0 Å². The fraction of sp³-hybridized carbons (Fsp3) is 0.286. The molecule has 166 valence electrons. The second kappa shape index (κ2) is 10.3. The Morgan fingerprint density at radius 3 is 2.69 bits per heavy atom. The van der Waals surface area contributed by atoms with Gasteiger partial charge in [-0.2, -0.15) is 5.26 Å². The number of hydrogen-bond acceptors (Lipinski definition) is 9. The van der Waals surface area contributed by atoms with E-state index in [1.807, 2.05) is 13.8 Å². The number of carbonyl (C=O) groups excluding carboxylic acids is 1. The van der Waals surface area contributed by atoms with Gasteiger partial charge in [-0.1, -0.05) is 0 Å². The molecule has 11 heteroatoms. The molecule has 1 unspecified atom stereocenters. The zero-order valence-electron chi connectivity index (χ0n) is 17.5. The van der Waals surface area contributed by atoms with Gasteiger partial charge in [0.25, 0.3) is 5.89 Å². The van der Waals surface area contributed by atoms with Gasteiger partial charge in [0.2, 0.25) is 0 Å². The number of benzene rings is 1. The second-order valence-corrected chi connectivity index (χ2v) is 7.13.